The summed E-state index contributed by atoms with van der Waals surface area (Å²) >= 11 is 0. The van der Waals surface area contributed by atoms with Crippen molar-refractivity contribution in [3.05, 3.63) is 0 Å². The summed E-state index contributed by atoms with van der Waals surface area (Å²) in [6.45, 7) is 4.05. The Labute approximate surface area is 69.3 Å². The average Bonchev–Trinajstić information content (AvgIpc) is 2.08. The molecule has 1 N–H and O–H groups in total. The number of hydrogen-bond acceptors (Lipinski definition) is 2. The normalized spacial score (nSPS) is 24.0. The Morgan fingerprint density at radius 2 is 1.55 bits per heavy atom. The van der Waals surface area contributed by atoms with Crippen LogP contribution in [0.15, 0.2) is 0 Å². The zero-order chi connectivity index (χ0) is 7.78. The maximum atomic E-state index is 5.40. The van der Waals surface area contributed by atoms with Gasteiger partial charge in [0.2, 0.25) is 0 Å². The second-order valence-electron chi connectivity index (χ2n) is 3.13. The van der Waals surface area contributed by atoms with E-state index in [1.807, 2.05) is 0 Å². The fourth-order valence-electron chi connectivity index (χ4n) is 1.36. The van der Waals surface area contributed by atoms with Crippen LogP contribution in [0.2, 0.25) is 0 Å². The molecule has 0 aromatic heterocycles. The maximum Gasteiger partial charge on any atom is 0.0590 e. The Hall–Kier alpha value is -0.0800. The van der Waals surface area contributed by atoms with Crippen LogP contribution in [-0.4, -0.2) is 26.3 Å². The molecular weight excluding hydrogens is 138 g/mol. The fraction of sp³-hybridized carbons (Fsp3) is 1.00. The first-order valence-electron chi connectivity index (χ1n) is 4.78. The lowest BCUT2D eigenvalue weighted by molar-refractivity contribution is 0.133. The highest BCUT2D eigenvalue weighted by Gasteiger charge is 1.94. The van der Waals surface area contributed by atoms with Crippen LogP contribution in [0.1, 0.15) is 32.1 Å². The molecule has 0 aliphatic carbocycles. The number of ether oxygens (including phenoxy) is 1. The van der Waals surface area contributed by atoms with E-state index in [0.29, 0.717) is 0 Å². The van der Waals surface area contributed by atoms with Gasteiger partial charge in [0.15, 0.2) is 0 Å². The molecule has 0 aromatic rings. The van der Waals surface area contributed by atoms with E-state index in [2.05, 4.69) is 5.32 Å². The summed E-state index contributed by atoms with van der Waals surface area (Å²) < 4.78 is 5.40. The van der Waals surface area contributed by atoms with Gasteiger partial charge in [0.25, 0.3) is 0 Å². The molecule has 1 aliphatic rings. The first kappa shape index (κ1) is 9.01. The molecule has 1 aliphatic heterocycles. The van der Waals surface area contributed by atoms with Crippen molar-refractivity contribution in [2.45, 2.75) is 32.1 Å². The van der Waals surface area contributed by atoms with E-state index in [0.717, 1.165) is 19.8 Å². The van der Waals surface area contributed by atoms with Crippen molar-refractivity contribution in [1.29, 1.82) is 0 Å². The zero-order valence-corrected chi connectivity index (χ0v) is 7.27. The lowest BCUT2D eigenvalue weighted by atomic mass is 10.1. The first-order valence-corrected chi connectivity index (χ1v) is 4.78. The van der Waals surface area contributed by atoms with Crippen molar-refractivity contribution in [3.63, 3.8) is 0 Å². The number of rotatable bonds is 0. The molecule has 2 heteroatoms. The highest BCUT2D eigenvalue weighted by molar-refractivity contribution is 4.51. The second kappa shape index (κ2) is 6.62. The third-order valence-corrected chi connectivity index (χ3v) is 2.07. The maximum absolute atomic E-state index is 5.40. The Morgan fingerprint density at radius 3 is 2.55 bits per heavy atom. The quantitative estimate of drug-likeness (QED) is 0.576. The summed E-state index contributed by atoms with van der Waals surface area (Å²) in [5.74, 6) is 0. The predicted octanol–water partition coefficient (Wildman–Crippen LogP) is 1.56. The molecule has 11 heavy (non-hydrogen) atoms. The minimum absolute atomic E-state index is 0.889. The Balaban J connectivity index is 2.02. The van der Waals surface area contributed by atoms with Crippen LogP contribution in [0.25, 0.3) is 0 Å². The van der Waals surface area contributed by atoms with Crippen molar-refractivity contribution in [2.24, 2.45) is 0 Å². The van der Waals surface area contributed by atoms with Crippen LogP contribution < -0.4 is 5.32 Å². The van der Waals surface area contributed by atoms with Gasteiger partial charge < -0.3 is 10.1 Å². The van der Waals surface area contributed by atoms with Crippen molar-refractivity contribution in [3.8, 4) is 0 Å². The summed E-state index contributed by atoms with van der Waals surface area (Å²) in [6.07, 6.45) is 6.69. The number of hydrogen-bond donors (Lipinski definition) is 1. The van der Waals surface area contributed by atoms with Gasteiger partial charge in [-0.15, -0.1) is 0 Å². The third-order valence-electron chi connectivity index (χ3n) is 2.07. The first-order chi connectivity index (χ1) is 5.50. The summed E-state index contributed by atoms with van der Waals surface area (Å²) in [5, 5.41) is 3.36. The molecule has 0 atom stereocenters. The van der Waals surface area contributed by atoms with Crippen LogP contribution in [0, 0.1) is 0 Å². The van der Waals surface area contributed by atoms with E-state index >= 15 is 0 Å². The summed E-state index contributed by atoms with van der Waals surface area (Å²) in [6, 6.07) is 0. The van der Waals surface area contributed by atoms with Gasteiger partial charge in [-0.05, 0) is 19.4 Å². The second-order valence-corrected chi connectivity index (χ2v) is 3.13. The van der Waals surface area contributed by atoms with E-state index < -0.39 is 0 Å². The van der Waals surface area contributed by atoms with E-state index in [9.17, 15) is 0 Å². The van der Waals surface area contributed by atoms with Gasteiger partial charge in [-0.1, -0.05) is 19.3 Å². The highest BCUT2D eigenvalue weighted by Crippen LogP contribution is 2.03. The lowest BCUT2D eigenvalue weighted by Crippen LogP contribution is -2.20. The Morgan fingerprint density at radius 1 is 0.727 bits per heavy atom. The van der Waals surface area contributed by atoms with Gasteiger partial charge in [0.05, 0.1) is 6.61 Å². The molecule has 0 spiro atoms. The van der Waals surface area contributed by atoms with E-state index in [1.54, 1.807) is 0 Å². The van der Waals surface area contributed by atoms with Crippen LogP contribution in [0.5, 0.6) is 0 Å². The van der Waals surface area contributed by atoms with Crippen LogP contribution in [0.3, 0.4) is 0 Å². The molecule has 1 heterocycles. The summed E-state index contributed by atoms with van der Waals surface area (Å²) in [5.41, 5.74) is 0. The average molecular weight is 157 g/mol. The van der Waals surface area contributed by atoms with Crippen molar-refractivity contribution >= 4 is 0 Å². The fourth-order valence-corrected chi connectivity index (χ4v) is 1.36. The standard InChI is InChI=1S/C9H19NO/c1-2-4-6-10-7-9-11-8-5-3-1/h10H,1-9H2. The molecule has 2 nitrogen and oxygen atoms in total. The van der Waals surface area contributed by atoms with Gasteiger partial charge >= 0.3 is 0 Å². The third kappa shape index (κ3) is 5.22. The minimum atomic E-state index is 0.889. The van der Waals surface area contributed by atoms with Crippen molar-refractivity contribution in [1.82, 2.24) is 5.32 Å². The molecule has 0 unspecified atom stereocenters. The molecule has 1 fully saturated rings. The molecule has 0 amide bonds. The van der Waals surface area contributed by atoms with Gasteiger partial charge in [0.1, 0.15) is 0 Å². The SMILES string of the molecule is C1CCCNCCOCCC1. The molecule has 0 aromatic carbocycles. The van der Waals surface area contributed by atoms with Gasteiger partial charge in [-0.25, -0.2) is 0 Å². The topological polar surface area (TPSA) is 21.3 Å². The molecule has 0 saturated carbocycles. The number of nitrogens with one attached hydrogen (secondary N) is 1. The van der Waals surface area contributed by atoms with Crippen LogP contribution >= 0.6 is 0 Å². The molecule has 1 rings (SSSR count). The minimum Gasteiger partial charge on any atom is -0.380 e. The van der Waals surface area contributed by atoms with Crippen molar-refractivity contribution in [2.75, 3.05) is 26.3 Å². The lowest BCUT2D eigenvalue weighted by Gasteiger charge is -2.02. The van der Waals surface area contributed by atoms with E-state index in [1.165, 1.54) is 38.6 Å². The Bertz CT molecular complexity index is 47.6. The highest BCUT2D eigenvalue weighted by atomic mass is 16.5. The van der Waals surface area contributed by atoms with Gasteiger partial charge in [-0.3, -0.25) is 0 Å². The smallest absolute Gasteiger partial charge is 0.0590 e. The predicted molar refractivity (Wildman–Crippen MR) is 46.8 cm³/mol. The molecule has 0 radical (unpaired) electrons. The molecule has 1 saturated heterocycles. The van der Waals surface area contributed by atoms with Crippen LogP contribution in [0.4, 0.5) is 0 Å². The van der Waals surface area contributed by atoms with Gasteiger partial charge in [-0.2, -0.15) is 0 Å². The largest absolute Gasteiger partial charge is 0.380 e. The summed E-state index contributed by atoms with van der Waals surface area (Å²) in [4.78, 5) is 0. The van der Waals surface area contributed by atoms with Crippen molar-refractivity contribution < 1.29 is 4.74 Å². The zero-order valence-electron chi connectivity index (χ0n) is 7.27. The van der Waals surface area contributed by atoms with E-state index in [4.69, 9.17) is 4.74 Å². The Kier molecular flexibility index (Phi) is 5.42. The summed E-state index contributed by atoms with van der Waals surface area (Å²) in [7, 11) is 0. The van der Waals surface area contributed by atoms with E-state index in [-0.39, 0.29) is 0 Å². The molecule has 0 bridgehead atoms. The van der Waals surface area contributed by atoms with Gasteiger partial charge in [0, 0.05) is 13.2 Å². The van der Waals surface area contributed by atoms with Crippen LogP contribution in [-0.2, 0) is 4.74 Å². The molecular formula is C9H19NO. The monoisotopic (exact) mass is 157 g/mol. The molecule has 66 valence electrons.